The van der Waals surface area contributed by atoms with Crippen LogP contribution in [0.4, 0.5) is 0 Å². The predicted molar refractivity (Wildman–Crippen MR) is 64.6 cm³/mol. The molecule has 2 aromatic rings. The van der Waals surface area contributed by atoms with Crippen molar-refractivity contribution < 1.29 is 0 Å². The Morgan fingerprint density at radius 1 is 1.25 bits per heavy atom. The maximum Gasteiger partial charge on any atom is 0.144 e. The maximum absolute atomic E-state index is 4.47. The van der Waals surface area contributed by atoms with E-state index in [2.05, 4.69) is 28.4 Å². The molecule has 0 spiro atoms. The molecule has 2 heterocycles. The zero-order valence-electron chi connectivity index (χ0n) is 9.95. The number of hydrogen-bond donors (Lipinski definition) is 0. The maximum atomic E-state index is 4.47. The molecule has 0 amide bonds. The van der Waals surface area contributed by atoms with E-state index in [4.69, 9.17) is 0 Å². The Bertz CT molecular complexity index is 540. The molecule has 3 rings (SSSR count). The minimum absolute atomic E-state index is 1.02. The number of aryl methyl sites for hydroxylation is 3. The van der Waals surface area contributed by atoms with Crippen LogP contribution in [0.5, 0.6) is 0 Å². The van der Waals surface area contributed by atoms with Crippen LogP contribution >= 0.6 is 0 Å². The van der Waals surface area contributed by atoms with Gasteiger partial charge in [0.1, 0.15) is 12.0 Å². The molecular weight excluding hydrogens is 198 g/mol. The molecule has 0 saturated heterocycles. The van der Waals surface area contributed by atoms with Crippen molar-refractivity contribution in [1.82, 2.24) is 14.5 Å². The number of hydrogen-bond acceptors (Lipinski definition) is 2. The minimum atomic E-state index is 1.02. The van der Waals surface area contributed by atoms with E-state index in [0.29, 0.717) is 0 Å². The van der Waals surface area contributed by atoms with Gasteiger partial charge in [-0.1, -0.05) is 0 Å². The van der Waals surface area contributed by atoms with Crippen LogP contribution < -0.4 is 0 Å². The molecule has 0 radical (unpaired) electrons. The smallest absolute Gasteiger partial charge is 0.144 e. The highest BCUT2D eigenvalue weighted by Gasteiger charge is 2.21. The van der Waals surface area contributed by atoms with E-state index in [1.165, 1.54) is 42.3 Å². The Hall–Kier alpha value is -1.38. The Labute approximate surface area is 95.5 Å². The molecule has 0 unspecified atom stereocenters. The van der Waals surface area contributed by atoms with Crippen molar-refractivity contribution in [3.05, 3.63) is 23.3 Å². The summed E-state index contributed by atoms with van der Waals surface area (Å²) in [5.41, 5.74) is 5.30. The summed E-state index contributed by atoms with van der Waals surface area (Å²) in [5.74, 6) is 0. The van der Waals surface area contributed by atoms with Crippen molar-refractivity contribution in [2.24, 2.45) is 0 Å². The number of nitrogens with zero attached hydrogens (tertiary/aromatic N) is 3. The van der Waals surface area contributed by atoms with E-state index < -0.39 is 0 Å². The first-order valence-electron chi connectivity index (χ1n) is 6.14. The minimum Gasteiger partial charge on any atom is -0.330 e. The fraction of sp³-hybridized carbons (Fsp3) is 0.538. The molecule has 3 nitrogen and oxygen atoms in total. The summed E-state index contributed by atoms with van der Waals surface area (Å²) in [5, 5.41) is 1.32. The van der Waals surface area contributed by atoms with Crippen molar-refractivity contribution in [1.29, 1.82) is 0 Å². The Morgan fingerprint density at radius 3 is 2.88 bits per heavy atom. The zero-order valence-corrected chi connectivity index (χ0v) is 9.95. The second-order valence-corrected chi connectivity index (χ2v) is 4.53. The third-order valence-electron chi connectivity index (χ3n) is 3.66. The van der Waals surface area contributed by atoms with Crippen molar-refractivity contribution >= 4 is 11.0 Å². The van der Waals surface area contributed by atoms with Gasteiger partial charge in [0, 0.05) is 17.6 Å². The molecule has 3 heteroatoms. The zero-order chi connectivity index (χ0) is 11.1. The third-order valence-corrected chi connectivity index (χ3v) is 3.66. The van der Waals surface area contributed by atoms with E-state index in [-0.39, 0.29) is 0 Å². The van der Waals surface area contributed by atoms with Crippen LogP contribution in [-0.2, 0) is 19.4 Å². The van der Waals surface area contributed by atoms with E-state index >= 15 is 0 Å². The number of fused-ring (bicyclic) bond motifs is 3. The lowest BCUT2D eigenvalue weighted by molar-refractivity contribution is 0.628. The molecule has 0 fully saturated rings. The fourth-order valence-corrected chi connectivity index (χ4v) is 2.94. The largest absolute Gasteiger partial charge is 0.330 e. The first-order valence-corrected chi connectivity index (χ1v) is 6.14. The van der Waals surface area contributed by atoms with Gasteiger partial charge in [0.2, 0.25) is 0 Å². The van der Waals surface area contributed by atoms with Crippen molar-refractivity contribution in [2.45, 2.75) is 46.1 Å². The lowest BCUT2D eigenvalue weighted by Gasteiger charge is -2.14. The molecule has 1 aliphatic carbocycles. The lowest BCUT2D eigenvalue weighted by atomic mass is 9.95. The predicted octanol–water partition coefficient (Wildman–Crippen LogP) is 2.64. The summed E-state index contributed by atoms with van der Waals surface area (Å²) in [6.45, 7) is 5.31. The quantitative estimate of drug-likeness (QED) is 0.732. The van der Waals surface area contributed by atoms with Crippen LogP contribution in [-0.4, -0.2) is 14.5 Å². The Kier molecular flexibility index (Phi) is 2.20. The van der Waals surface area contributed by atoms with E-state index in [0.717, 1.165) is 17.9 Å². The average molecular weight is 215 g/mol. The monoisotopic (exact) mass is 215 g/mol. The summed E-state index contributed by atoms with van der Waals surface area (Å²) < 4.78 is 2.37. The highest BCUT2D eigenvalue weighted by Crippen LogP contribution is 2.32. The first kappa shape index (κ1) is 9.82. The van der Waals surface area contributed by atoms with Gasteiger partial charge in [-0.2, -0.15) is 0 Å². The van der Waals surface area contributed by atoms with Crippen LogP contribution in [0.1, 0.15) is 36.7 Å². The van der Waals surface area contributed by atoms with Gasteiger partial charge in [-0.25, -0.2) is 9.97 Å². The van der Waals surface area contributed by atoms with Crippen LogP contribution in [0.2, 0.25) is 0 Å². The standard InChI is InChI=1S/C13H17N3/c1-3-16-11-7-5-4-6-10(11)12-9(2)14-8-15-13(12)16/h8H,3-7H2,1-2H3. The SMILES string of the molecule is CCn1c2c(c3c(C)ncnc31)CCCC2. The number of rotatable bonds is 1. The highest BCUT2D eigenvalue weighted by molar-refractivity contribution is 5.84. The average Bonchev–Trinajstić information content (AvgIpc) is 2.64. The molecule has 0 aromatic carbocycles. The lowest BCUT2D eigenvalue weighted by Crippen LogP contribution is -2.07. The third kappa shape index (κ3) is 1.20. The second kappa shape index (κ2) is 3.58. The molecule has 16 heavy (non-hydrogen) atoms. The second-order valence-electron chi connectivity index (χ2n) is 4.53. The molecule has 84 valence electrons. The highest BCUT2D eigenvalue weighted by atomic mass is 15.1. The Balaban J connectivity index is 2.42. The van der Waals surface area contributed by atoms with Crippen molar-refractivity contribution in [3.8, 4) is 0 Å². The van der Waals surface area contributed by atoms with Gasteiger partial charge in [0.15, 0.2) is 0 Å². The molecule has 2 aromatic heterocycles. The fourth-order valence-electron chi connectivity index (χ4n) is 2.94. The van der Waals surface area contributed by atoms with Gasteiger partial charge in [-0.3, -0.25) is 0 Å². The molecule has 0 aliphatic heterocycles. The van der Waals surface area contributed by atoms with Gasteiger partial charge in [0.25, 0.3) is 0 Å². The van der Waals surface area contributed by atoms with Gasteiger partial charge < -0.3 is 4.57 Å². The van der Waals surface area contributed by atoms with Crippen molar-refractivity contribution in [3.63, 3.8) is 0 Å². The van der Waals surface area contributed by atoms with E-state index in [1.807, 2.05) is 0 Å². The molecule has 0 saturated carbocycles. The van der Waals surface area contributed by atoms with Crippen LogP contribution in [0.15, 0.2) is 6.33 Å². The van der Waals surface area contributed by atoms with Gasteiger partial charge >= 0.3 is 0 Å². The van der Waals surface area contributed by atoms with Crippen LogP contribution in [0.25, 0.3) is 11.0 Å². The molecule has 0 atom stereocenters. The normalized spacial score (nSPS) is 15.4. The summed E-state index contributed by atoms with van der Waals surface area (Å²) in [7, 11) is 0. The van der Waals surface area contributed by atoms with Crippen molar-refractivity contribution in [2.75, 3.05) is 0 Å². The summed E-state index contributed by atoms with van der Waals surface area (Å²) in [6.07, 6.45) is 6.72. The first-order chi connectivity index (χ1) is 7.83. The Morgan fingerprint density at radius 2 is 2.06 bits per heavy atom. The van der Waals surface area contributed by atoms with Gasteiger partial charge in [-0.05, 0) is 45.1 Å². The van der Waals surface area contributed by atoms with Gasteiger partial charge in [0.05, 0.1) is 5.69 Å². The number of aromatic nitrogens is 3. The summed E-state index contributed by atoms with van der Waals surface area (Å²) in [4.78, 5) is 8.81. The molecule has 0 N–H and O–H groups in total. The van der Waals surface area contributed by atoms with Crippen LogP contribution in [0, 0.1) is 6.92 Å². The topological polar surface area (TPSA) is 30.7 Å². The summed E-state index contributed by atoms with van der Waals surface area (Å²) >= 11 is 0. The molecular formula is C13H17N3. The van der Waals surface area contributed by atoms with E-state index in [9.17, 15) is 0 Å². The molecule has 0 bridgehead atoms. The molecule has 1 aliphatic rings. The summed E-state index contributed by atoms with van der Waals surface area (Å²) in [6, 6.07) is 0. The van der Waals surface area contributed by atoms with Gasteiger partial charge in [-0.15, -0.1) is 0 Å². The van der Waals surface area contributed by atoms with Crippen LogP contribution in [0.3, 0.4) is 0 Å². The van der Waals surface area contributed by atoms with E-state index in [1.54, 1.807) is 6.33 Å².